The lowest BCUT2D eigenvalue weighted by molar-refractivity contribution is 0.539. The van der Waals surface area contributed by atoms with Crippen LogP contribution in [0.4, 0.5) is 0 Å². The summed E-state index contributed by atoms with van der Waals surface area (Å²) < 4.78 is 0. The van der Waals surface area contributed by atoms with Crippen LogP contribution >= 0.6 is 0 Å². The Morgan fingerprint density at radius 3 is 2.80 bits per heavy atom. The van der Waals surface area contributed by atoms with Gasteiger partial charge in [-0.15, -0.1) is 0 Å². The molecule has 0 saturated carbocycles. The van der Waals surface area contributed by atoms with Crippen molar-refractivity contribution in [3.05, 3.63) is 17.0 Å². The number of hydrogen-bond acceptors (Lipinski definition) is 2. The molecule has 1 aromatic heterocycles. The van der Waals surface area contributed by atoms with Crippen molar-refractivity contribution in [2.24, 2.45) is 0 Å². The molecule has 1 unspecified atom stereocenters. The van der Waals surface area contributed by atoms with Crippen LogP contribution < -0.4 is 5.32 Å². The van der Waals surface area contributed by atoms with Gasteiger partial charge in [0.05, 0.1) is 5.69 Å². The Bertz CT molecular complexity index is 346. The second-order valence-electron chi connectivity index (χ2n) is 5.51. The average molecular weight is 207 g/mol. The first-order valence-electron chi connectivity index (χ1n) is 5.76. The van der Waals surface area contributed by atoms with Gasteiger partial charge in [-0.05, 0) is 19.9 Å². The number of rotatable bonds is 2. The fraction of sp³-hybridized carbons (Fsp3) is 0.750. The molecule has 1 heterocycles. The molecule has 2 rings (SSSR count). The van der Waals surface area contributed by atoms with E-state index in [1.165, 1.54) is 23.4 Å². The zero-order chi connectivity index (χ0) is 11.1. The molecule has 0 saturated heterocycles. The van der Waals surface area contributed by atoms with Gasteiger partial charge in [-0.25, -0.2) is 0 Å². The number of nitrogens with zero attached hydrogens (tertiary/aromatic N) is 1. The van der Waals surface area contributed by atoms with Gasteiger partial charge in [-0.3, -0.25) is 5.10 Å². The quantitative estimate of drug-likeness (QED) is 0.778. The molecular weight excluding hydrogens is 186 g/mol. The van der Waals surface area contributed by atoms with Crippen molar-refractivity contribution in [3.63, 3.8) is 0 Å². The smallest absolute Gasteiger partial charge is 0.0713 e. The van der Waals surface area contributed by atoms with E-state index in [0.717, 1.165) is 13.0 Å². The average Bonchev–Trinajstić information content (AvgIpc) is 2.66. The monoisotopic (exact) mass is 207 g/mol. The van der Waals surface area contributed by atoms with Crippen LogP contribution in [0.1, 0.15) is 50.1 Å². The first-order chi connectivity index (χ1) is 7.04. The summed E-state index contributed by atoms with van der Waals surface area (Å²) >= 11 is 0. The number of aromatic nitrogens is 2. The third kappa shape index (κ3) is 1.81. The molecule has 1 aliphatic carbocycles. The van der Waals surface area contributed by atoms with Gasteiger partial charge in [0.2, 0.25) is 0 Å². The third-order valence-corrected chi connectivity index (χ3v) is 3.19. The summed E-state index contributed by atoms with van der Waals surface area (Å²) in [5, 5.41) is 11.0. The van der Waals surface area contributed by atoms with E-state index in [-0.39, 0.29) is 5.41 Å². The Morgan fingerprint density at radius 1 is 1.47 bits per heavy atom. The highest BCUT2D eigenvalue weighted by Gasteiger charge is 2.32. The molecule has 0 fully saturated rings. The number of likely N-dealkylation sites (N-methyl/N-ethyl adjacent to an activating group) is 1. The molecule has 0 spiro atoms. The first-order valence-corrected chi connectivity index (χ1v) is 5.76. The highest BCUT2D eigenvalue weighted by molar-refractivity contribution is 5.37. The van der Waals surface area contributed by atoms with E-state index in [2.05, 4.69) is 36.3 Å². The minimum Gasteiger partial charge on any atom is -0.319 e. The summed E-state index contributed by atoms with van der Waals surface area (Å²) in [5.41, 5.74) is 4.26. The van der Waals surface area contributed by atoms with E-state index in [0.29, 0.717) is 5.92 Å². The summed E-state index contributed by atoms with van der Waals surface area (Å²) in [6, 6.07) is 0. The van der Waals surface area contributed by atoms with E-state index >= 15 is 0 Å². The third-order valence-electron chi connectivity index (χ3n) is 3.19. The van der Waals surface area contributed by atoms with Gasteiger partial charge in [-0.2, -0.15) is 5.10 Å². The van der Waals surface area contributed by atoms with Crippen LogP contribution in [0.15, 0.2) is 0 Å². The molecule has 0 aliphatic heterocycles. The maximum Gasteiger partial charge on any atom is 0.0713 e. The van der Waals surface area contributed by atoms with E-state index < -0.39 is 0 Å². The van der Waals surface area contributed by atoms with Crippen LogP contribution in [0.5, 0.6) is 0 Å². The molecule has 2 N–H and O–H groups in total. The number of aromatic amines is 1. The zero-order valence-corrected chi connectivity index (χ0v) is 10.1. The van der Waals surface area contributed by atoms with Crippen molar-refractivity contribution in [2.75, 3.05) is 13.6 Å². The molecule has 0 bridgehead atoms. The maximum atomic E-state index is 4.49. The lowest BCUT2D eigenvalue weighted by Gasteiger charge is -2.20. The summed E-state index contributed by atoms with van der Waals surface area (Å²) in [7, 11) is 2.02. The van der Waals surface area contributed by atoms with Crippen molar-refractivity contribution >= 4 is 0 Å². The molecule has 0 amide bonds. The molecule has 15 heavy (non-hydrogen) atoms. The van der Waals surface area contributed by atoms with Crippen molar-refractivity contribution in [1.82, 2.24) is 15.5 Å². The molecule has 3 nitrogen and oxygen atoms in total. The lowest BCUT2D eigenvalue weighted by atomic mass is 9.86. The summed E-state index contributed by atoms with van der Waals surface area (Å²) in [6.07, 6.45) is 2.42. The fourth-order valence-corrected chi connectivity index (χ4v) is 2.50. The van der Waals surface area contributed by atoms with Crippen molar-refractivity contribution in [1.29, 1.82) is 0 Å². The normalized spacial score (nSPS) is 20.7. The van der Waals surface area contributed by atoms with Crippen molar-refractivity contribution in [3.8, 4) is 0 Å². The van der Waals surface area contributed by atoms with Gasteiger partial charge >= 0.3 is 0 Å². The van der Waals surface area contributed by atoms with Crippen LogP contribution in [-0.4, -0.2) is 23.8 Å². The minimum absolute atomic E-state index is 0.153. The second kappa shape index (κ2) is 3.63. The fourth-order valence-electron chi connectivity index (χ4n) is 2.50. The molecular formula is C12H21N3. The minimum atomic E-state index is 0.153. The number of hydrogen-bond donors (Lipinski definition) is 2. The number of nitrogens with one attached hydrogen (secondary N) is 2. The molecule has 0 radical (unpaired) electrons. The van der Waals surface area contributed by atoms with Crippen LogP contribution in [0.25, 0.3) is 0 Å². The zero-order valence-electron chi connectivity index (χ0n) is 10.1. The van der Waals surface area contributed by atoms with Gasteiger partial charge in [0.25, 0.3) is 0 Å². The van der Waals surface area contributed by atoms with Gasteiger partial charge < -0.3 is 5.32 Å². The van der Waals surface area contributed by atoms with Crippen molar-refractivity contribution < 1.29 is 0 Å². The lowest BCUT2D eigenvalue weighted by Crippen LogP contribution is -2.20. The Kier molecular flexibility index (Phi) is 2.59. The highest BCUT2D eigenvalue weighted by Crippen LogP contribution is 2.38. The van der Waals surface area contributed by atoms with Gasteiger partial charge in [0.1, 0.15) is 0 Å². The van der Waals surface area contributed by atoms with E-state index in [4.69, 9.17) is 0 Å². The van der Waals surface area contributed by atoms with E-state index in [1.807, 2.05) is 7.05 Å². The molecule has 3 heteroatoms. The number of aryl methyl sites for hydroxylation is 1. The van der Waals surface area contributed by atoms with Crippen LogP contribution in [0.2, 0.25) is 0 Å². The SMILES string of the molecule is CNCC1CCc2[nH]nc(C(C)(C)C)c21. The second-order valence-corrected chi connectivity index (χ2v) is 5.51. The standard InChI is InChI=1S/C12H21N3/c1-12(2,3)11-10-8(7-13-4)5-6-9(10)14-15-11/h8,13H,5-7H2,1-4H3,(H,14,15). The summed E-state index contributed by atoms with van der Waals surface area (Å²) in [6.45, 7) is 7.77. The maximum absolute atomic E-state index is 4.49. The largest absolute Gasteiger partial charge is 0.319 e. The van der Waals surface area contributed by atoms with E-state index in [9.17, 15) is 0 Å². The predicted molar refractivity (Wildman–Crippen MR) is 62.3 cm³/mol. The topological polar surface area (TPSA) is 40.7 Å². The number of H-pyrrole nitrogens is 1. The number of fused-ring (bicyclic) bond motifs is 1. The van der Waals surface area contributed by atoms with Gasteiger partial charge in [0.15, 0.2) is 0 Å². The van der Waals surface area contributed by atoms with Crippen LogP contribution in [-0.2, 0) is 11.8 Å². The molecule has 0 aromatic carbocycles. The van der Waals surface area contributed by atoms with Gasteiger partial charge in [0, 0.05) is 29.1 Å². The Labute approximate surface area is 91.7 Å². The predicted octanol–water partition coefficient (Wildman–Crippen LogP) is 1.96. The molecule has 1 aromatic rings. The van der Waals surface area contributed by atoms with E-state index in [1.54, 1.807) is 0 Å². The first kappa shape index (κ1) is 10.7. The summed E-state index contributed by atoms with van der Waals surface area (Å²) in [4.78, 5) is 0. The summed E-state index contributed by atoms with van der Waals surface area (Å²) in [5.74, 6) is 0.651. The Morgan fingerprint density at radius 2 is 2.20 bits per heavy atom. The van der Waals surface area contributed by atoms with Crippen LogP contribution in [0, 0.1) is 0 Å². The van der Waals surface area contributed by atoms with Crippen molar-refractivity contribution in [2.45, 2.75) is 44.9 Å². The van der Waals surface area contributed by atoms with Crippen LogP contribution in [0.3, 0.4) is 0 Å². The molecule has 1 atom stereocenters. The Hall–Kier alpha value is -0.830. The molecule has 1 aliphatic rings. The Balaban J connectivity index is 2.36. The van der Waals surface area contributed by atoms with Gasteiger partial charge in [-0.1, -0.05) is 20.8 Å². The molecule has 84 valence electrons. The highest BCUT2D eigenvalue weighted by atomic mass is 15.1.